The van der Waals surface area contributed by atoms with E-state index in [2.05, 4.69) is 30.9 Å². The lowest BCUT2D eigenvalue weighted by Crippen LogP contribution is -2.64. The molecule has 0 bridgehead atoms. The quantitative estimate of drug-likeness (QED) is 0.573. The zero-order valence-electron chi connectivity index (χ0n) is 8.22. The van der Waals surface area contributed by atoms with E-state index in [0.717, 1.165) is 12.8 Å². The Balaban J connectivity index is 2.72. The summed E-state index contributed by atoms with van der Waals surface area (Å²) in [5.74, 6) is 0. The van der Waals surface area contributed by atoms with Gasteiger partial charge in [-0.15, -0.1) is 0 Å². The Labute approximate surface area is 74.4 Å². The predicted octanol–water partition coefficient (Wildman–Crippen LogP) is 0.892. The fourth-order valence-corrected chi connectivity index (χ4v) is 2.15. The lowest BCUT2D eigenvalue weighted by atomic mass is 9.83. The molecule has 0 aliphatic carbocycles. The van der Waals surface area contributed by atoms with Gasteiger partial charge >= 0.3 is 0 Å². The van der Waals surface area contributed by atoms with Gasteiger partial charge in [0.2, 0.25) is 0 Å². The van der Waals surface area contributed by atoms with Crippen molar-refractivity contribution in [1.82, 2.24) is 5.32 Å². The highest BCUT2D eigenvalue weighted by Crippen LogP contribution is 2.27. The summed E-state index contributed by atoms with van der Waals surface area (Å²) in [6, 6.07) is 0.302. The van der Waals surface area contributed by atoms with Crippen LogP contribution in [-0.4, -0.2) is 24.0 Å². The van der Waals surface area contributed by atoms with Crippen LogP contribution in [0.5, 0.6) is 0 Å². The first kappa shape index (κ1) is 9.68. The Morgan fingerprint density at radius 1 is 1.42 bits per heavy atom. The molecule has 1 fully saturated rings. The molecule has 2 atom stereocenters. The van der Waals surface area contributed by atoms with Crippen molar-refractivity contribution < 1.29 is 0 Å². The molecule has 70 valence electrons. The minimum atomic E-state index is -0.298. The molecule has 0 saturated carbocycles. The summed E-state index contributed by atoms with van der Waals surface area (Å²) in [5, 5.41) is 3.39. The van der Waals surface area contributed by atoms with Gasteiger partial charge in [-0.25, -0.2) is 0 Å². The molecule has 0 spiro atoms. The first-order valence-electron chi connectivity index (χ1n) is 4.39. The highest BCUT2D eigenvalue weighted by atomic mass is 15.2. The summed E-state index contributed by atoms with van der Waals surface area (Å²) in [6.07, 6.45) is 1.89. The minimum Gasteiger partial charge on any atom is -0.313 e. The van der Waals surface area contributed by atoms with Crippen LogP contribution >= 0.6 is 0 Å². The first-order chi connectivity index (χ1) is 5.35. The van der Waals surface area contributed by atoms with Gasteiger partial charge in [0.05, 0.1) is 11.7 Å². The largest absolute Gasteiger partial charge is 0.313 e. The van der Waals surface area contributed by atoms with Crippen molar-refractivity contribution in [1.29, 1.82) is 0 Å². The maximum Gasteiger partial charge on any atom is 0.0657 e. The van der Waals surface area contributed by atoms with E-state index in [1.807, 2.05) is 6.92 Å². The van der Waals surface area contributed by atoms with Crippen molar-refractivity contribution in [2.45, 2.75) is 50.9 Å². The fourth-order valence-electron chi connectivity index (χ4n) is 2.15. The lowest BCUT2D eigenvalue weighted by Gasteiger charge is -2.44. The van der Waals surface area contributed by atoms with Crippen LogP contribution in [0.15, 0.2) is 4.99 Å². The Kier molecular flexibility index (Phi) is 2.27. The van der Waals surface area contributed by atoms with Gasteiger partial charge < -0.3 is 5.73 Å². The Morgan fingerprint density at radius 2 is 2.00 bits per heavy atom. The van der Waals surface area contributed by atoms with Crippen molar-refractivity contribution in [2.24, 2.45) is 10.7 Å². The van der Waals surface area contributed by atoms with Crippen LogP contribution in [0.2, 0.25) is 0 Å². The number of nitrogens with one attached hydrogen (secondary N) is 1. The Hall–Kier alpha value is -0.410. The zero-order chi connectivity index (χ0) is 9.41. The van der Waals surface area contributed by atoms with Crippen LogP contribution in [0.1, 0.15) is 33.6 Å². The van der Waals surface area contributed by atoms with Crippen LogP contribution in [0.4, 0.5) is 0 Å². The molecule has 0 aromatic heterocycles. The van der Waals surface area contributed by atoms with E-state index in [1.54, 1.807) is 0 Å². The van der Waals surface area contributed by atoms with Crippen molar-refractivity contribution in [3.8, 4) is 0 Å². The van der Waals surface area contributed by atoms with E-state index in [1.165, 1.54) is 0 Å². The molecular weight excluding hydrogens is 150 g/mol. The van der Waals surface area contributed by atoms with Gasteiger partial charge in [0.1, 0.15) is 0 Å². The Bertz CT molecular complexity index is 168. The summed E-state index contributed by atoms with van der Waals surface area (Å²) in [7, 11) is 0. The van der Waals surface area contributed by atoms with E-state index < -0.39 is 0 Å². The smallest absolute Gasteiger partial charge is 0.0657 e. The molecule has 12 heavy (non-hydrogen) atoms. The predicted molar refractivity (Wildman–Crippen MR) is 52.4 cm³/mol. The Morgan fingerprint density at radius 3 is 2.42 bits per heavy atom. The van der Waals surface area contributed by atoms with Crippen LogP contribution in [0.3, 0.4) is 0 Å². The number of nitrogens with zero attached hydrogens (tertiary/aromatic N) is 1. The molecule has 1 rings (SSSR count). The fraction of sp³-hybridized carbons (Fsp3) is 0.889. The number of hydrogen-bond acceptors (Lipinski definition) is 3. The molecule has 0 aromatic rings. The van der Waals surface area contributed by atoms with Crippen LogP contribution < -0.4 is 11.1 Å². The van der Waals surface area contributed by atoms with Gasteiger partial charge in [0.25, 0.3) is 0 Å². The summed E-state index contributed by atoms with van der Waals surface area (Å²) in [4.78, 5) is 4.07. The van der Waals surface area contributed by atoms with Crippen LogP contribution in [0.25, 0.3) is 0 Å². The maximum atomic E-state index is 6.02. The lowest BCUT2D eigenvalue weighted by molar-refractivity contribution is 0.155. The van der Waals surface area contributed by atoms with Gasteiger partial charge in [0.15, 0.2) is 0 Å². The topological polar surface area (TPSA) is 50.4 Å². The molecule has 0 amide bonds. The number of hydrogen-bond donors (Lipinski definition) is 2. The van der Waals surface area contributed by atoms with Crippen molar-refractivity contribution >= 4 is 6.72 Å². The van der Waals surface area contributed by atoms with E-state index in [4.69, 9.17) is 5.73 Å². The summed E-state index contributed by atoms with van der Waals surface area (Å²) in [6.45, 7) is 9.88. The second-order valence-electron chi connectivity index (χ2n) is 4.67. The minimum absolute atomic E-state index is 0.0770. The first-order valence-corrected chi connectivity index (χ1v) is 4.39. The van der Waals surface area contributed by atoms with Crippen molar-refractivity contribution in [3.05, 3.63) is 0 Å². The molecule has 0 radical (unpaired) electrons. The third kappa shape index (κ3) is 2.29. The van der Waals surface area contributed by atoms with Crippen molar-refractivity contribution in [2.75, 3.05) is 0 Å². The highest BCUT2D eigenvalue weighted by Gasteiger charge is 2.37. The molecular formula is C9H19N3. The molecule has 0 aromatic carbocycles. The number of nitrogens with two attached hydrogens (primary N) is 1. The van der Waals surface area contributed by atoms with E-state index in [-0.39, 0.29) is 11.2 Å². The van der Waals surface area contributed by atoms with Gasteiger partial charge in [-0.2, -0.15) is 0 Å². The SMILES string of the molecule is C=NC1CC(C)(C)NC(C)(N)C1. The maximum absolute atomic E-state index is 6.02. The van der Waals surface area contributed by atoms with Gasteiger partial charge in [0, 0.05) is 12.0 Å². The summed E-state index contributed by atoms with van der Waals surface area (Å²) < 4.78 is 0. The molecule has 3 heteroatoms. The number of piperidine rings is 1. The zero-order valence-corrected chi connectivity index (χ0v) is 8.22. The molecule has 1 aliphatic rings. The molecule has 1 saturated heterocycles. The van der Waals surface area contributed by atoms with Gasteiger partial charge in [-0.05, 0) is 33.9 Å². The van der Waals surface area contributed by atoms with Crippen LogP contribution in [-0.2, 0) is 0 Å². The molecule has 3 nitrogen and oxygen atoms in total. The third-order valence-corrected chi connectivity index (χ3v) is 2.29. The van der Waals surface area contributed by atoms with E-state index >= 15 is 0 Å². The standard InChI is InChI=1S/C9H19N3/c1-8(2)5-7(11-4)6-9(3,10)12-8/h7,12H,4-6,10H2,1-3H3. The van der Waals surface area contributed by atoms with E-state index in [9.17, 15) is 0 Å². The average molecular weight is 169 g/mol. The van der Waals surface area contributed by atoms with Gasteiger partial charge in [-0.3, -0.25) is 10.3 Å². The molecule has 1 aliphatic heterocycles. The average Bonchev–Trinajstić information content (AvgIpc) is 1.80. The van der Waals surface area contributed by atoms with Crippen molar-refractivity contribution in [3.63, 3.8) is 0 Å². The number of aliphatic imine (C=N–C) groups is 1. The van der Waals surface area contributed by atoms with Crippen LogP contribution in [0, 0.1) is 0 Å². The van der Waals surface area contributed by atoms with Gasteiger partial charge in [-0.1, -0.05) is 0 Å². The third-order valence-electron chi connectivity index (χ3n) is 2.29. The normalized spacial score (nSPS) is 40.8. The summed E-state index contributed by atoms with van der Waals surface area (Å²) in [5.41, 5.74) is 5.80. The number of rotatable bonds is 1. The second kappa shape index (κ2) is 2.82. The van der Waals surface area contributed by atoms with E-state index in [0.29, 0.717) is 6.04 Å². The summed E-state index contributed by atoms with van der Waals surface area (Å²) >= 11 is 0. The highest BCUT2D eigenvalue weighted by molar-refractivity contribution is 5.25. The molecule has 2 unspecified atom stereocenters. The molecule has 1 heterocycles. The second-order valence-corrected chi connectivity index (χ2v) is 4.67. The monoisotopic (exact) mass is 169 g/mol. The molecule has 3 N–H and O–H groups in total.